The highest BCUT2D eigenvalue weighted by molar-refractivity contribution is 5.93. The van der Waals surface area contributed by atoms with Crippen molar-refractivity contribution in [3.8, 4) is 0 Å². The number of carbonyl (C=O) groups is 1. The normalized spacial score (nSPS) is 20.0. The summed E-state index contributed by atoms with van der Waals surface area (Å²) in [5, 5.41) is 12.8. The first-order valence-electron chi connectivity index (χ1n) is 8.47. The van der Waals surface area contributed by atoms with Crippen molar-refractivity contribution in [2.75, 3.05) is 12.4 Å². The van der Waals surface area contributed by atoms with E-state index in [1.54, 1.807) is 18.2 Å². The molecule has 0 fully saturated rings. The molecule has 0 aliphatic carbocycles. The Hall–Kier alpha value is -2.66. The minimum atomic E-state index is -0.949. The molecule has 0 saturated heterocycles. The van der Waals surface area contributed by atoms with Crippen LogP contribution in [-0.2, 0) is 5.66 Å². The van der Waals surface area contributed by atoms with E-state index >= 15 is 0 Å². The van der Waals surface area contributed by atoms with E-state index < -0.39 is 11.6 Å². The molecule has 2 N–H and O–H groups in total. The minimum absolute atomic E-state index is 0.236. The van der Waals surface area contributed by atoms with Gasteiger partial charge in [-0.1, -0.05) is 37.3 Å². The van der Waals surface area contributed by atoms with Gasteiger partial charge in [-0.3, -0.25) is 9.89 Å². The molecule has 25 heavy (non-hydrogen) atoms. The molecular formula is C20H23N3O2. The maximum Gasteiger partial charge on any atom is 0.335 e. The van der Waals surface area contributed by atoms with Gasteiger partial charge >= 0.3 is 5.97 Å². The average molecular weight is 337 g/mol. The van der Waals surface area contributed by atoms with Crippen LogP contribution in [0.4, 0.5) is 11.4 Å². The van der Waals surface area contributed by atoms with Gasteiger partial charge in [0.05, 0.1) is 23.2 Å². The summed E-state index contributed by atoms with van der Waals surface area (Å²) >= 11 is 0. The molecule has 0 bridgehead atoms. The third-order valence-corrected chi connectivity index (χ3v) is 4.98. The molecule has 1 aliphatic rings. The van der Waals surface area contributed by atoms with Crippen molar-refractivity contribution in [1.29, 1.82) is 0 Å². The molecule has 5 heteroatoms. The largest absolute Gasteiger partial charge is 0.478 e. The van der Waals surface area contributed by atoms with Crippen molar-refractivity contribution >= 4 is 23.6 Å². The van der Waals surface area contributed by atoms with E-state index in [1.165, 1.54) is 0 Å². The lowest BCUT2D eigenvalue weighted by Crippen LogP contribution is -2.55. The number of nitrogens with one attached hydrogen (secondary N) is 1. The fraction of sp³-hybridized carbons (Fsp3) is 0.300. The minimum Gasteiger partial charge on any atom is -0.478 e. The summed E-state index contributed by atoms with van der Waals surface area (Å²) in [4.78, 5) is 18.1. The summed E-state index contributed by atoms with van der Waals surface area (Å²) in [7, 11) is 2.08. The molecule has 2 aromatic rings. The van der Waals surface area contributed by atoms with Gasteiger partial charge in [0.2, 0.25) is 0 Å². The SMILES string of the molecule is CCC(C)N(C)C1(c2ccccc2)C=Nc2cc(C(=O)O)ccc2N1. The number of aliphatic imine (C=N–C) groups is 1. The number of carboxylic acid groups (broad SMARTS) is 1. The molecule has 130 valence electrons. The van der Waals surface area contributed by atoms with Gasteiger partial charge in [0.1, 0.15) is 0 Å². The highest BCUT2D eigenvalue weighted by Gasteiger charge is 2.39. The number of fused-ring (bicyclic) bond motifs is 1. The van der Waals surface area contributed by atoms with Crippen LogP contribution in [0.3, 0.4) is 0 Å². The maximum absolute atomic E-state index is 11.2. The van der Waals surface area contributed by atoms with E-state index in [2.05, 4.69) is 48.2 Å². The highest BCUT2D eigenvalue weighted by Crippen LogP contribution is 2.39. The van der Waals surface area contributed by atoms with E-state index in [4.69, 9.17) is 0 Å². The van der Waals surface area contributed by atoms with Crippen molar-refractivity contribution < 1.29 is 9.90 Å². The van der Waals surface area contributed by atoms with Crippen LogP contribution in [0, 0.1) is 0 Å². The Morgan fingerprint density at radius 1 is 1.28 bits per heavy atom. The van der Waals surface area contributed by atoms with Crippen LogP contribution in [0.2, 0.25) is 0 Å². The Morgan fingerprint density at radius 3 is 2.64 bits per heavy atom. The maximum atomic E-state index is 11.2. The number of hydrogen-bond acceptors (Lipinski definition) is 4. The number of hydrogen-bond donors (Lipinski definition) is 2. The molecule has 2 unspecified atom stereocenters. The molecule has 2 atom stereocenters. The molecule has 1 heterocycles. The molecule has 0 aromatic heterocycles. The van der Waals surface area contributed by atoms with E-state index in [9.17, 15) is 9.90 Å². The fourth-order valence-corrected chi connectivity index (χ4v) is 3.12. The fourth-order valence-electron chi connectivity index (χ4n) is 3.12. The standard InChI is InChI=1S/C20H23N3O2/c1-4-14(2)23(3)20(16-8-6-5-7-9-16)13-21-18-12-15(19(24)25)10-11-17(18)22-20/h5-14,22H,4H2,1-3H3,(H,24,25). The molecule has 0 radical (unpaired) electrons. The molecule has 3 rings (SSSR count). The van der Waals surface area contributed by atoms with E-state index in [1.807, 2.05) is 24.4 Å². The van der Waals surface area contributed by atoms with Crippen molar-refractivity contribution in [2.24, 2.45) is 4.99 Å². The predicted molar refractivity (Wildman–Crippen MR) is 101 cm³/mol. The lowest BCUT2D eigenvalue weighted by atomic mass is 9.94. The molecule has 0 amide bonds. The number of rotatable bonds is 5. The zero-order valence-electron chi connectivity index (χ0n) is 14.7. The highest BCUT2D eigenvalue weighted by atomic mass is 16.4. The smallest absolute Gasteiger partial charge is 0.335 e. The number of aromatic carboxylic acids is 1. The van der Waals surface area contributed by atoms with Gasteiger partial charge in [0.15, 0.2) is 5.66 Å². The van der Waals surface area contributed by atoms with Gasteiger partial charge in [-0.15, -0.1) is 0 Å². The van der Waals surface area contributed by atoms with Crippen molar-refractivity contribution in [1.82, 2.24) is 4.90 Å². The Balaban J connectivity index is 2.09. The summed E-state index contributed by atoms with van der Waals surface area (Å²) in [5.74, 6) is -0.949. The van der Waals surface area contributed by atoms with Crippen LogP contribution in [0.5, 0.6) is 0 Å². The zero-order chi connectivity index (χ0) is 18.0. The number of anilines is 1. The number of nitrogens with zero attached hydrogens (tertiary/aromatic N) is 2. The lowest BCUT2D eigenvalue weighted by molar-refractivity contribution is 0.0697. The molecule has 0 saturated carbocycles. The third kappa shape index (κ3) is 3.03. The van der Waals surface area contributed by atoms with Crippen molar-refractivity contribution in [3.63, 3.8) is 0 Å². The van der Waals surface area contributed by atoms with E-state index in [-0.39, 0.29) is 5.56 Å². The van der Waals surface area contributed by atoms with Gasteiger partial charge in [0, 0.05) is 6.04 Å². The summed E-state index contributed by atoms with van der Waals surface area (Å²) in [6, 6.07) is 15.5. The Bertz CT molecular complexity index is 804. The Morgan fingerprint density at radius 2 is 2.00 bits per heavy atom. The lowest BCUT2D eigenvalue weighted by Gasteiger charge is -2.45. The van der Waals surface area contributed by atoms with Crippen LogP contribution in [0.15, 0.2) is 53.5 Å². The van der Waals surface area contributed by atoms with Gasteiger partial charge in [-0.05, 0) is 44.2 Å². The zero-order valence-corrected chi connectivity index (χ0v) is 14.7. The van der Waals surface area contributed by atoms with Crippen molar-refractivity contribution in [3.05, 3.63) is 59.7 Å². The first-order chi connectivity index (χ1) is 12.0. The monoisotopic (exact) mass is 337 g/mol. The Kier molecular flexibility index (Phi) is 4.59. The van der Waals surface area contributed by atoms with Crippen LogP contribution in [0.25, 0.3) is 0 Å². The quantitative estimate of drug-likeness (QED) is 0.862. The third-order valence-electron chi connectivity index (χ3n) is 4.98. The summed E-state index contributed by atoms with van der Waals surface area (Å²) < 4.78 is 0. The van der Waals surface area contributed by atoms with Crippen LogP contribution < -0.4 is 5.32 Å². The van der Waals surface area contributed by atoms with Gasteiger partial charge in [-0.2, -0.15) is 0 Å². The number of benzene rings is 2. The molecular weight excluding hydrogens is 314 g/mol. The Labute approximate surface area is 148 Å². The van der Waals surface area contributed by atoms with Gasteiger partial charge < -0.3 is 10.4 Å². The van der Waals surface area contributed by atoms with Gasteiger partial charge in [-0.25, -0.2) is 4.79 Å². The first kappa shape index (κ1) is 17.2. The second-order valence-electron chi connectivity index (χ2n) is 6.42. The summed E-state index contributed by atoms with van der Waals surface area (Å²) in [6.45, 7) is 4.34. The van der Waals surface area contributed by atoms with Crippen LogP contribution in [0.1, 0.15) is 36.2 Å². The van der Waals surface area contributed by atoms with Crippen LogP contribution >= 0.6 is 0 Å². The molecule has 5 nitrogen and oxygen atoms in total. The second kappa shape index (κ2) is 6.69. The van der Waals surface area contributed by atoms with E-state index in [0.29, 0.717) is 11.7 Å². The predicted octanol–water partition coefficient (Wildman–Crippen LogP) is 4.10. The molecule has 0 spiro atoms. The summed E-state index contributed by atoms with van der Waals surface area (Å²) in [5.41, 5.74) is 2.22. The molecule has 2 aromatic carbocycles. The first-order valence-corrected chi connectivity index (χ1v) is 8.47. The van der Waals surface area contributed by atoms with Gasteiger partial charge in [0.25, 0.3) is 0 Å². The molecule has 1 aliphatic heterocycles. The average Bonchev–Trinajstić information content (AvgIpc) is 2.66. The number of carboxylic acids is 1. The summed E-state index contributed by atoms with van der Waals surface area (Å²) in [6.07, 6.45) is 2.88. The van der Waals surface area contributed by atoms with Crippen molar-refractivity contribution in [2.45, 2.75) is 32.0 Å². The van der Waals surface area contributed by atoms with Crippen LogP contribution in [-0.4, -0.2) is 35.3 Å². The van der Waals surface area contributed by atoms with E-state index in [0.717, 1.165) is 17.7 Å². The second-order valence-corrected chi connectivity index (χ2v) is 6.42. The topological polar surface area (TPSA) is 64.9 Å².